The molecule has 162 valence electrons. The average molecular weight is 462 g/mol. The summed E-state index contributed by atoms with van der Waals surface area (Å²) in [6, 6.07) is 22.9. The van der Waals surface area contributed by atoms with Gasteiger partial charge in [-0.3, -0.25) is 10.1 Å². The smallest absolute Gasteiger partial charge is 0.257 e. The van der Waals surface area contributed by atoms with Crippen LogP contribution in [-0.2, 0) is 0 Å². The number of carbonyl (C=O) groups excluding carboxylic acids is 1. The molecule has 1 aromatic heterocycles. The molecule has 4 rings (SSSR count). The molecule has 0 bridgehead atoms. The summed E-state index contributed by atoms with van der Waals surface area (Å²) < 4.78 is 6.79. The fourth-order valence-corrected chi connectivity index (χ4v) is 4.25. The molecule has 0 saturated heterocycles. The maximum Gasteiger partial charge on any atom is 0.257 e. The Morgan fingerprint density at radius 1 is 1.03 bits per heavy atom. The quantitative estimate of drug-likeness (QED) is 0.251. The van der Waals surface area contributed by atoms with Crippen molar-refractivity contribution in [3.05, 3.63) is 78.4 Å². The van der Waals surface area contributed by atoms with Crippen LogP contribution < -0.4 is 15.4 Å². The van der Waals surface area contributed by atoms with Gasteiger partial charge < -0.3 is 10.1 Å². The largest absolute Gasteiger partial charge is 0.494 e. The van der Waals surface area contributed by atoms with Crippen molar-refractivity contribution in [3.8, 4) is 16.3 Å². The van der Waals surface area contributed by atoms with E-state index in [-0.39, 0.29) is 11.0 Å². The Morgan fingerprint density at radius 2 is 1.78 bits per heavy atom. The van der Waals surface area contributed by atoms with Crippen LogP contribution in [0.15, 0.2) is 72.8 Å². The number of unbranched alkanes of at least 4 members (excludes halogenated alkanes) is 1. The molecule has 7 heteroatoms. The van der Waals surface area contributed by atoms with Crippen molar-refractivity contribution in [3.63, 3.8) is 0 Å². The summed E-state index contributed by atoms with van der Waals surface area (Å²) >= 11 is 6.96. The van der Waals surface area contributed by atoms with E-state index in [1.165, 1.54) is 0 Å². The molecule has 0 unspecified atom stereocenters. The Bertz CT molecular complexity index is 1190. The number of amides is 1. The highest BCUT2D eigenvalue weighted by molar-refractivity contribution is 7.80. The highest BCUT2D eigenvalue weighted by Crippen LogP contribution is 2.30. The fraction of sp³-hybridized carbons (Fsp3) is 0.160. The number of aromatic nitrogens is 1. The Balaban J connectivity index is 1.33. The van der Waals surface area contributed by atoms with Crippen LogP contribution in [0, 0.1) is 0 Å². The van der Waals surface area contributed by atoms with Crippen molar-refractivity contribution >= 4 is 50.5 Å². The number of fused-ring (bicyclic) bond motifs is 1. The van der Waals surface area contributed by atoms with Gasteiger partial charge in [-0.1, -0.05) is 25.5 Å². The zero-order valence-electron chi connectivity index (χ0n) is 17.6. The lowest BCUT2D eigenvalue weighted by atomic mass is 10.2. The number of para-hydroxylation sites is 1. The van der Waals surface area contributed by atoms with Gasteiger partial charge in [0.05, 0.1) is 16.8 Å². The van der Waals surface area contributed by atoms with E-state index in [1.807, 2.05) is 42.5 Å². The van der Waals surface area contributed by atoms with Crippen LogP contribution >= 0.6 is 23.6 Å². The summed E-state index contributed by atoms with van der Waals surface area (Å²) in [7, 11) is 0. The molecule has 0 spiro atoms. The third kappa shape index (κ3) is 5.49. The molecule has 4 aromatic rings. The minimum atomic E-state index is -0.270. The predicted molar refractivity (Wildman–Crippen MR) is 136 cm³/mol. The third-order valence-electron chi connectivity index (χ3n) is 4.79. The van der Waals surface area contributed by atoms with Crippen LogP contribution in [0.25, 0.3) is 20.8 Å². The Labute approximate surface area is 196 Å². The molecule has 2 N–H and O–H groups in total. The number of thiocarbonyl (C=S) groups is 1. The summed E-state index contributed by atoms with van der Waals surface area (Å²) in [5.74, 6) is 0.484. The fourth-order valence-electron chi connectivity index (χ4n) is 3.07. The van der Waals surface area contributed by atoms with Crippen molar-refractivity contribution in [1.29, 1.82) is 0 Å². The molecule has 1 amide bonds. The highest BCUT2D eigenvalue weighted by atomic mass is 32.1. The molecule has 0 aliphatic heterocycles. The number of rotatable bonds is 7. The standard InChI is InChI=1S/C25H23N3O2S2/c1-2-3-16-30-20-14-10-17(11-15-20)23(29)28-25(31)26-19-12-8-18(9-13-19)24-27-21-6-4-5-7-22(21)32-24/h4-15H,2-3,16H2,1H3,(H2,26,28,29,31). The zero-order valence-corrected chi connectivity index (χ0v) is 19.3. The molecule has 3 aromatic carbocycles. The van der Waals surface area contributed by atoms with E-state index in [9.17, 15) is 4.79 Å². The van der Waals surface area contributed by atoms with Crippen molar-refractivity contribution < 1.29 is 9.53 Å². The average Bonchev–Trinajstić information content (AvgIpc) is 3.24. The molecular formula is C25H23N3O2S2. The summed E-state index contributed by atoms with van der Waals surface area (Å²) in [5.41, 5.74) is 3.34. The van der Waals surface area contributed by atoms with Gasteiger partial charge in [-0.2, -0.15) is 0 Å². The molecule has 5 nitrogen and oxygen atoms in total. The van der Waals surface area contributed by atoms with Crippen molar-refractivity contribution in [1.82, 2.24) is 10.3 Å². The first kappa shape index (κ1) is 21.9. The Morgan fingerprint density at radius 3 is 2.50 bits per heavy atom. The van der Waals surface area contributed by atoms with E-state index in [0.717, 1.165) is 45.1 Å². The summed E-state index contributed by atoms with van der Waals surface area (Å²) in [6.45, 7) is 2.79. The molecule has 0 fully saturated rings. The number of nitrogens with one attached hydrogen (secondary N) is 2. The monoisotopic (exact) mass is 461 g/mol. The number of thiazole rings is 1. The van der Waals surface area contributed by atoms with Crippen molar-refractivity contribution in [2.24, 2.45) is 0 Å². The summed E-state index contributed by atoms with van der Waals surface area (Å²) in [6.07, 6.45) is 2.08. The lowest BCUT2D eigenvalue weighted by molar-refractivity contribution is 0.0977. The van der Waals surface area contributed by atoms with Gasteiger partial charge in [-0.25, -0.2) is 4.98 Å². The van der Waals surface area contributed by atoms with Gasteiger partial charge in [-0.15, -0.1) is 11.3 Å². The van der Waals surface area contributed by atoms with Crippen LogP contribution in [0.3, 0.4) is 0 Å². The minimum absolute atomic E-state index is 0.242. The van der Waals surface area contributed by atoms with Gasteiger partial charge in [-0.05, 0) is 79.3 Å². The number of hydrogen-bond acceptors (Lipinski definition) is 5. The molecular weight excluding hydrogens is 438 g/mol. The number of benzene rings is 3. The van der Waals surface area contributed by atoms with Gasteiger partial charge in [0.25, 0.3) is 5.91 Å². The van der Waals surface area contributed by atoms with Crippen LogP contribution in [0.5, 0.6) is 5.75 Å². The molecule has 0 aliphatic carbocycles. The molecule has 0 aliphatic rings. The SMILES string of the molecule is CCCCOc1ccc(C(=O)NC(=S)Nc2ccc(-c3nc4ccccc4s3)cc2)cc1. The van der Waals surface area contributed by atoms with Gasteiger partial charge in [0, 0.05) is 16.8 Å². The van der Waals surface area contributed by atoms with Gasteiger partial charge in [0.2, 0.25) is 0 Å². The van der Waals surface area contributed by atoms with E-state index in [4.69, 9.17) is 17.0 Å². The number of nitrogens with zero attached hydrogens (tertiary/aromatic N) is 1. The molecule has 0 saturated carbocycles. The minimum Gasteiger partial charge on any atom is -0.494 e. The Hall–Kier alpha value is -3.29. The molecule has 0 atom stereocenters. The van der Waals surface area contributed by atoms with Crippen LogP contribution in [0.2, 0.25) is 0 Å². The lowest BCUT2D eigenvalue weighted by Crippen LogP contribution is -2.34. The van der Waals surface area contributed by atoms with Crippen LogP contribution in [0.1, 0.15) is 30.1 Å². The van der Waals surface area contributed by atoms with Gasteiger partial charge >= 0.3 is 0 Å². The second kappa shape index (κ2) is 10.3. The lowest BCUT2D eigenvalue weighted by Gasteiger charge is -2.10. The first-order valence-corrected chi connectivity index (χ1v) is 11.7. The number of carbonyl (C=O) groups is 1. The highest BCUT2D eigenvalue weighted by Gasteiger charge is 2.09. The summed E-state index contributed by atoms with van der Waals surface area (Å²) in [4.78, 5) is 17.1. The second-order valence-corrected chi connectivity index (χ2v) is 8.64. The van der Waals surface area contributed by atoms with Crippen molar-refractivity contribution in [2.45, 2.75) is 19.8 Å². The van der Waals surface area contributed by atoms with Crippen molar-refractivity contribution in [2.75, 3.05) is 11.9 Å². The molecule has 32 heavy (non-hydrogen) atoms. The van der Waals surface area contributed by atoms with E-state index in [1.54, 1.807) is 35.6 Å². The van der Waals surface area contributed by atoms with Gasteiger partial charge in [0.1, 0.15) is 10.8 Å². The molecule has 0 radical (unpaired) electrons. The van der Waals surface area contributed by atoms with Crippen LogP contribution in [-0.4, -0.2) is 22.6 Å². The number of anilines is 1. The van der Waals surface area contributed by atoms with Gasteiger partial charge in [0.15, 0.2) is 5.11 Å². The second-order valence-electron chi connectivity index (χ2n) is 7.20. The maximum atomic E-state index is 12.5. The topological polar surface area (TPSA) is 63.2 Å². The first-order valence-electron chi connectivity index (χ1n) is 10.4. The van der Waals surface area contributed by atoms with E-state index >= 15 is 0 Å². The number of hydrogen-bond donors (Lipinski definition) is 2. The van der Waals surface area contributed by atoms with Crippen LogP contribution in [0.4, 0.5) is 5.69 Å². The predicted octanol–water partition coefficient (Wildman–Crippen LogP) is 6.27. The first-order chi connectivity index (χ1) is 15.6. The molecule has 1 heterocycles. The van der Waals surface area contributed by atoms with E-state index in [0.29, 0.717) is 12.2 Å². The maximum absolute atomic E-state index is 12.5. The third-order valence-corrected chi connectivity index (χ3v) is 6.08. The number of ether oxygens (including phenoxy) is 1. The van der Waals surface area contributed by atoms with E-state index in [2.05, 4.69) is 28.6 Å². The summed E-state index contributed by atoms with van der Waals surface area (Å²) in [5, 5.41) is 6.97. The van der Waals surface area contributed by atoms with E-state index < -0.39 is 0 Å². The zero-order chi connectivity index (χ0) is 22.3. The Kier molecular flexibility index (Phi) is 7.09. The normalized spacial score (nSPS) is 10.7.